The van der Waals surface area contributed by atoms with Crippen LogP contribution in [-0.4, -0.2) is 39.2 Å². The molecule has 3 aromatic rings. The lowest BCUT2D eigenvalue weighted by Gasteiger charge is -2.20. The standard InChI is InChI=1S/C22H20Cl2N2O2.ClH/c1-27-10-11-28-21-18(22-25-8-9-26-22)12-14-4-2-3-5-16(14)20(21)17-7-6-15(23)13-19(17)24;/h2-7,12-13H,8-11H2,1H3,(H,25,26);1H. The van der Waals surface area contributed by atoms with Gasteiger partial charge < -0.3 is 14.8 Å². The van der Waals surface area contributed by atoms with Gasteiger partial charge in [-0.05, 0) is 29.0 Å². The van der Waals surface area contributed by atoms with Crippen molar-refractivity contribution in [1.29, 1.82) is 0 Å². The number of hydrogen-bond donors (Lipinski definition) is 1. The monoisotopic (exact) mass is 450 g/mol. The van der Waals surface area contributed by atoms with Crippen LogP contribution in [0.1, 0.15) is 5.56 Å². The number of hydrogen-bond acceptors (Lipinski definition) is 4. The number of benzene rings is 3. The first-order valence-corrected chi connectivity index (χ1v) is 9.86. The smallest absolute Gasteiger partial charge is 0.138 e. The molecule has 7 heteroatoms. The molecule has 0 bridgehead atoms. The number of nitrogens with zero attached hydrogens (tertiary/aromatic N) is 1. The number of nitrogens with one attached hydrogen (secondary N) is 1. The summed E-state index contributed by atoms with van der Waals surface area (Å²) in [7, 11) is 1.66. The number of fused-ring (bicyclic) bond motifs is 1. The molecule has 1 aliphatic heterocycles. The molecule has 0 aromatic heterocycles. The lowest BCUT2D eigenvalue weighted by atomic mass is 9.93. The van der Waals surface area contributed by atoms with Crippen LogP contribution in [0.2, 0.25) is 10.0 Å². The lowest BCUT2D eigenvalue weighted by Crippen LogP contribution is -2.21. The molecule has 1 N–H and O–H groups in total. The van der Waals surface area contributed by atoms with Crippen molar-refractivity contribution in [1.82, 2.24) is 5.32 Å². The Balaban J connectivity index is 0.00000240. The molecule has 0 saturated carbocycles. The van der Waals surface area contributed by atoms with Gasteiger partial charge in [-0.25, -0.2) is 0 Å². The third kappa shape index (κ3) is 4.46. The fourth-order valence-corrected chi connectivity index (χ4v) is 3.92. The molecule has 4 rings (SSSR count). The highest BCUT2D eigenvalue weighted by Gasteiger charge is 2.22. The summed E-state index contributed by atoms with van der Waals surface area (Å²) in [6, 6.07) is 15.8. The van der Waals surface area contributed by atoms with Crippen LogP contribution in [0.15, 0.2) is 53.5 Å². The van der Waals surface area contributed by atoms with Crippen LogP contribution in [0.5, 0.6) is 5.75 Å². The van der Waals surface area contributed by atoms with Crippen molar-refractivity contribution < 1.29 is 9.47 Å². The predicted octanol–water partition coefficient (Wildman–Crippen LogP) is 5.61. The van der Waals surface area contributed by atoms with E-state index in [9.17, 15) is 0 Å². The van der Waals surface area contributed by atoms with E-state index in [1.807, 2.05) is 24.3 Å². The number of methoxy groups -OCH3 is 1. The van der Waals surface area contributed by atoms with Gasteiger partial charge in [-0.2, -0.15) is 0 Å². The molecule has 1 heterocycles. The van der Waals surface area contributed by atoms with E-state index >= 15 is 0 Å². The average Bonchev–Trinajstić information content (AvgIpc) is 3.23. The Morgan fingerprint density at radius 2 is 1.86 bits per heavy atom. The first-order valence-electron chi connectivity index (χ1n) is 9.10. The summed E-state index contributed by atoms with van der Waals surface area (Å²) in [5.41, 5.74) is 2.73. The largest absolute Gasteiger partial charge is 0.490 e. The molecule has 0 radical (unpaired) electrons. The molecule has 0 spiro atoms. The van der Waals surface area contributed by atoms with E-state index in [0.717, 1.165) is 52.1 Å². The predicted molar refractivity (Wildman–Crippen MR) is 123 cm³/mol. The fraction of sp³-hybridized carbons (Fsp3) is 0.227. The quantitative estimate of drug-likeness (QED) is 0.495. The molecule has 0 amide bonds. The molecule has 0 aliphatic carbocycles. The van der Waals surface area contributed by atoms with Crippen molar-refractivity contribution in [2.24, 2.45) is 4.99 Å². The first kappa shape index (κ1) is 21.7. The maximum atomic E-state index is 6.60. The van der Waals surface area contributed by atoms with Crippen molar-refractivity contribution >= 4 is 52.2 Å². The van der Waals surface area contributed by atoms with E-state index in [1.54, 1.807) is 13.2 Å². The third-order valence-electron chi connectivity index (χ3n) is 4.67. The van der Waals surface area contributed by atoms with Crippen LogP contribution in [0.3, 0.4) is 0 Å². The highest BCUT2D eigenvalue weighted by atomic mass is 35.5. The summed E-state index contributed by atoms with van der Waals surface area (Å²) in [6.07, 6.45) is 0. The van der Waals surface area contributed by atoms with Gasteiger partial charge in [-0.3, -0.25) is 4.99 Å². The first-order chi connectivity index (χ1) is 13.7. The Morgan fingerprint density at radius 3 is 2.59 bits per heavy atom. The van der Waals surface area contributed by atoms with E-state index < -0.39 is 0 Å². The van der Waals surface area contributed by atoms with E-state index in [-0.39, 0.29) is 12.4 Å². The highest BCUT2D eigenvalue weighted by Crippen LogP contribution is 2.43. The van der Waals surface area contributed by atoms with Crippen molar-refractivity contribution in [2.45, 2.75) is 0 Å². The van der Waals surface area contributed by atoms with Gasteiger partial charge in [0.15, 0.2) is 0 Å². The minimum Gasteiger partial charge on any atom is -0.490 e. The van der Waals surface area contributed by atoms with E-state index in [1.165, 1.54) is 0 Å². The molecular weight excluding hydrogens is 431 g/mol. The zero-order valence-electron chi connectivity index (χ0n) is 15.9. The Kier molecular flexibility index (Phi) is 7.25. The Labute approximate surface area is 186 Å². The second-order valence-corrected chi connectivity index (χ2v) is 7.32. The molecular formula is C22H21Cl3N2O2. The molecule has 4 nitrogen and oxygen atoms in total. The summed E-state index contributed by atoms with van der Waals surface area (Å²) < 4.78 is 11.4. The molecule has 0 atom stereocenters. The normalized spacial score (nSPS) is 13.0. The maximum Gasteiger partial charge on any atom is 0.138 e. The number of halogens is 3. The van der Waals surface area contributed by atoms with Crippen LogP contribution in [0, 0.1) is 0 Å². The van der Waals surface area contributed by atoms with Gasteiger partial charge in [0.05, 0.1) is 23.7 Å². The maximum absolute atomic E-state index is 6.60. The van der Waals surface area contributed by atoms with Gasteiger partial charge in [0.2, 0.25) is 0 Å². The number of ether oxygens (including phenoxy) is 2. The van der Waals surface area contributed by atoms with Gasteiger partial charge in [-0.1, -0.05) is 53.5 Å². The van der Waals surface area contributed by atoms with E-state index in [4.69, 9.17) is 32.7 Å². The minimum atomic E-state index is 0. The third-order valence-corrected chi connectivity index (χ3v) is 5.21. The van der Waals surface area contributed by atoms with Crippen LogP contribution in [0.25, 0.3) is 21.9 Å². The Bertz CT molecular complexity index is 1050. The molecule has 152 valence electrons. The summed E-state index contributed by atoms with van der Waals surface area (Å²) in [4.78, 5) is 4.61. The Hall–Kier alpha value is -1.98. The summed E-state index contributed by atoms with van der Waals surface area (Å²) in [5.74, 6) is 1.58. The molecule has 1 aliphatic rings. The van der Waals surface area contributed by atoms with Crippen molar-refractivity contribution in [3.8, 4) is 16.9 Å². The molecule has 29 heavy (non-hydrogen) atoms. The average molecular weight is 452 g/mol. The highest BCUT2D eigenvalue weighted by molar-refractivity contribution is 6.37. The zero-order valence-corrected chi connectivity index (χ0v) is 18.2. The Morgan fingerprint density at radius 1 is 1.03 bits per heavy atom. The fourth-order valence-electron chi connectivity index (χ4n) is 3.42. The number of rotatable bonds is 6. The second kappa shape index (κ2) is 9.68. The summed E-state index contributed by atoms with van der Waals surface area (Å²) in [6.45, 7) is 2.47. The molecule has 3 aromatic carbocycles. The molecule has 0 fully saturated rings. The number of amidine groups is 1. The van der Waals surface area contributed by atoms with Gasteiger partial charge in [-0.15, -0.1) is 12.4 Å². The summed E-state index contributed by atoms with van der Waals surface area (Å²) >= 11 is 12.7. The van der Waals surface area contributed by atoms with Crippen LogP contribution in [0.4, 0.5) is 0 Å². The van der Waals surface area contributed by atoms with Gasteiger partial charge in [0.25, 0.3) is 0 Å². The van der Waals surface area contributed by atoms with Gasteiger partial charge in [0.1, 0.15) is 18.2 Å². The second-order valence-electron chi connectivity index (χ2n) is 6.47. The zero-order chi connectivity index (χ0) is 19.5. The molecule has 0 unspecified atom stereocenters. The molecule has 0 saturated heterocycles. The minimum absolute atomic E-state index is 0. The van der Waals surface area contributed by atoms with E-state index in [0.29, 0.717) is 23.3 Å². The lowest BCUT2D eigenvalue weighted by molar-refractivity contribution is 0.146. The van der Waals surface area contributed by atoms with Crippen LogP contribution < -0.4 is 10.1 Å². The van der Waals surface area contributed by atoms with E-state index in [2.05, 4.69) is 28.5 Å². The van der Waals surface area contributed by atoms with Crippen molar-refractivity contribution in [3.63, 3.8) is 0 Å². The topological polar surface area (TPSA) is 42.9 Å². The summed E-state index contributed by atoms with van der Waals surface area (Å²) in [5, 5.41) is 6.68. The van der Waals surface area contributed by atoms with Crippen molar-refractivity contribution in [3.05, 3.63) is 64.1 Å². The van der Waals surface area contributed by atoms with Crippen molar-refractivity contribution in [2.75, 3.05) is 33.4 Å². The van der Waals surface area contributed by atoms with Crippen LogP contribution in [-0.2, 0) is 4.74 Å². The van der Waals surface area contributed by atoms with Gasteiger partial charge in [0, 0.05) is 29.8 Å². The number of aliphatic imine (C=N–C) groups is 1. The van der Waals surface area contributed by atoms with Crippen LogP contribution >= 0.6 is 35.6 Å². The van der Waals surface area contributed by atoms with Gasteiger partial charge >= 0.3 is 0 Å². The SMILES string of the molecule is COCCOc1c(C2=NCCN2)cc2ccccc2c1-c1ccc(Cl)cc1Cl.Cl.